The van der Waals surface area contributed by atoms with E-state index in [1.165, 1.54) is 33.5 Å². The number of methoxy groups -OCH3 is 2. The van der Waals surface area contributed by atoms with Crippen LogP contribution in [0.4, 0.5) is 17.1 Å². The summed E-state index contributed by atoms with van der Waals surface area (Å²) in [6.45, 7) is 2.11. The third-order valence-corrected chi connectivity index (χ3v) is 4.69. The molecule has 1 fully saturated rings. The van der Waals surface area contributed by atoms with Gasteiger partial charge in [0.15, 0.2) is 11.5 Å². The molecule has 0 aromatic heterocycles. The Bertz CT molecular complexity index is 830. The van der Waals surface area contributed by atoms with E-state index in [-0.39, 0.29) is 0 Å². The summed E-state index contributed by atoms with van der Waals surface area (Å²) in [5, 5.41) is 5.17. The first-order chi connectivity index (χ1) is 13.6. The van der Waals surface area contributed by atoms with Crippen LogP contribution in [0.25, 0.3) is 0 Å². The Morgan fingerprint density at radius 1 is 0.786 bits per heavy atom. The monoisotopic (exact) mass is 383 g/mol. The van der Waals surface area contributed by atoms with Gasteiger partial charge in [-0.3, -0.25) is 9.59 Å². The molecule has 0 radical (unpaired) electrons. The van der Waals surface area contributed by atoms with Crippen LogP contribution in [0.3, 0.4) is 0 Å². The Labute approximate surface area is 164 Å². The van der Waals surface area contributed by atoms with Crippen molar-refractivity contribution in [2.45, 2.75) is 19.3 Å². The molecule has 0 bridgehead atoms. The van der Waals surface area contributed by atoms with Gasteiger partial charge in [-0.05, 0) is 55.7 Å². The molecule has 0 saturated carbocycles. The number of amides is 2. The highest BCUT2D eigenvalue weighted by molar-refractivity contribution is 6.43. The standard InChI is InChI=1S/C21H25N3O4/c1-27-18-11-8-16(14-19(18)28-2)23-21(26)20(25)22-15-6-9-17(10-7-15)24-12-4-3-5-13-24/h6-11,14H,3-5,12-13H2,1-2H3,(H,22,25)(H,23,26). The van der Waals surface area contributed by atoms with Crippen molar-refractivity contribution in [1.29, 1.82) is 0 Å². The molecule has 28 heavy (non-hydrogen) atoms. The molecule has 1 saturated heterocycles. The van der Waals surface area contributed by atoms with E-state index in [9.17, 15) is 9.59 Å². The van der Waals surface area contributed by atoms with Gasteiger partial charge in [0.1, 0.15) is 0 Å². The number of nitrogens with one attached hydrogen (secondary N) is 2. The average Bonchev–Trinajstić information content (AvgIpc) is 2.74. The molecule has 1 heterocycles. The van der Waals surface area contributed by atoms with Crippen molar-refractivity contribution < 1.29 is 19.1 Å². The second kappa shape index (κ2) is 9.12. The lowest BCUT2D eigenvalue weighted by Gasteiger charge is -2.28. The number of piperidine rings is 1. The van der Waals surface area contributed by atoms with E-state index in [0.29, 0.717) is 22.9 Å². The maximum Gasteiger partial charge on any atom is 0.314 e. The number of nitrogens with zero attached hydrogens (tertiary/aromatic N) is 1. The number of rotatable bonds is 5. The smallest absolute Gasteiger partial charge is 0.314 e. The van der Waals surface area contributed by atoms with Crippen LogP contribution in [0.5, 0.6) is 11.5 Å². The van der Waals surface area contributed by atoms with Crippen LogP contribution in [0.1, 0.15) is 19.3 Å². The van der Waals surface area contributed by atoms with Gasteiger partial charge in [0.2, 0.25) is 0 Å². The lowest BCUT2D eigenvalue weighted by Crippen LogP contribution is -2.30. The van der Waals surface area contributed by atoms with Crippen molar-refractivity contribution >= 4 is 28.9 Å². The minimum absolute atomic E-state index is 0.443. The van der Waals surface area contributed by atoms with Crippen molar-refractivity contribution in [3.63, 3.8) is 0 Å². The Kier molecular flexibility index (Phi) is 6.37. The average molecular weight is 383 g/mol. The van der Waals surface area contributed by atoms with Crippen molar-refractivity contribution in [3.05, 3.63) is 42.5 Å². The first-order valence-corrected chi connectivity index (χ1v) is 9.30. The van der Waals surface area contributed by atoms with Gasteiger partial charge in [-0.1, -0.05) is 0 Å². The molecule has 7 heteroatoms. The van der Waals surface area contributed by atoms with Gasteiger partial charge in [0, 0.05) is 36.2 Å². The minimum Gasteiger partial charge on any atom is -0.493 e. The van der Waals surface area contributed by atoms with Gasteiger partial charge in [-0.15, -0.1) is 0 Å². The van der Waals surface area contributed by atoms with Gasteiger partial charge < -0.3 is 25.0 Å². The fourth-order valence-electron chi connectivity index (χ4n) is 3.20. The van der Waals surface area contributed by atoms with E-state index < -0.39 is 11.8 Å². The van der Waals surface area contributed by atoms with Crippen molar-refractivity contribution in [2.24, 2.45) is 0 Å². The summed E-state index contributed by atoms with van der Waals surface area (Å²) in [5.41, 5.74) is 2.15. The SMILES string of the molecule is COc1ccc(NC(=O)C(=O)Nc2ccc(N3CCCCC3)cc2)cc1OC. The third kappa shape index (κ3) is 4.73. The lowest BCUT2D eigenvalue weighted by atomic mass is 10.1. The summed E-state index contributed by atoms with van der Waals surface area (Å²) in [4.78, 5) is 26.7. The predicted octanol–water partition coefficient (Wildman–Crippen LogP) is 3.27. The topological polar surface area (TPSA) is 79.9 Å². The van der Waals surface area contributed by atoms with E-state index >= 15 is 0 Å². The Morgan fingerprint density at radius 3 is 1.96 bits per heavy atom. The summed E-state index contributed by atoms with van der Waals surface area (Å²) in [7, 11) is 3.03. The number of hydrogen-bond donors (Lipinski definition) is 2. The summed E-state index contributed by atoms with van der Waals surface area (Å²) >= 11 is 0. The van der Waals surface area contributed by atoms with E-state index in [1.54, 1.807) is 18.2 Å². The van der Waals surface area contributed by atoms with Gasteiger partial charge in [-0.2, -0.15) is 0 Å². The quantitative estimate of drug-likeness (QED) is 0.775. The molecule has 2 aromatic rings. The molecule has 148 valence electrons. The molecule has 2 aromatic carbocycles. The van der Waals surface area contributed by atoms with Crippen LogP contribution in [0.15, 0.2) is 42.5 Å². The summed E-state index contributed by atoms with van der Waals surface area (Å²) in [5.74, 6) is -0.486. The zero-order valence-electron chi connectivity index (χ0n) is 16.2. The fraction of sp³-hybridized carbons (Fsp3) is 0.333. The molecule has 2 N–H and O–H groups in total. The Hall–Kier alpha value is -3.22. The van der Waals surface area contributed by atoms with Crippen molar-refractivity contribution in [2.75, 3.05) is 42.8 Å². The zero-order valence-corrected chi connectivity index (χ0v) is 16.2. The second-order valence-corrected chi connectivity index (χ2v) is 6.57. The number of benzene rings is 2. The van der Waals surface area contributed by atoms with E-state index in [1.807, 2.05) is 24.3 Å². The van der Waals surface area contributed by atoms with Crippen LogP contribution in [-0.4, -0.2) is 39.1 Å². The maximum absolute atomic E-state index is 12.2. The van der Waals surface area contributed by atoms with Crippen molar-refractivity contribution in [3.8, 4) is 11.5 Å². The molecular weight excluding hydrogens is 358 g/mol. The Morgan fingerprint density at radius 2 is 1.36 bits per heavy atom. The molecule has 7 nitrogen and oxygen atoms in total. The third-order valence-electron chi connectivity index (χ3n) is 4.69. The highest BCUT2D eigenvalue weighted by atomic mass is 16.5. The number of ether oxygens (including phenoxy) is 2. The van der Waals surface area contributed by atoms with Gasteiger partial charge >= 0.3 is 11.8 Å². The van der Waals surface area contributed by atoms with Crippen LogP contribution in [-0.2, 0) is 9.59 Å². The van der Waals surface area contributed by atoms with Gasteiger partial charge in [0.05, 0.1) is 14.2 Å². The maximum atomic E-state index is 12.2. The molecular formula is C21H25N3O4. The zero-order chi connectivity index (χ0) is 19.9. The molecule has 0 aliphatic carbocycles. The molecule has 0 atom stereocenters. The van der Waals surface area contributed by atoms with Gasteiger partial charge in [-0.25, -0.2) is 0 Å². The minimum atomic E-state index is -0.757. The predicted molar refractivity (Wildman–Crippen MR) is 109 cm³/mol. The highest BCUT2D eigenvalue weighted by Crippen LogP contribution is 2.29. The van der Waals surface area contributed by atoms with E-state index in [2.05, 4.69) is 15.5 Å². The highest BCUT2D eigenvalue weighted by Gasteiger charge is 2.16. The van der Waals surface area contributed by atoms with Crippen LogP contribution >= 0.6 is 0 Å². The fourth-order valence-corrected chi connectivity index (χ4v) is 3.20. The van der Waals surface area contributed by atoms with Crippen LogP contribution < -0.4 is 25.0 Å². The van der Waals surface area contributed by atoms with Crippen LogP contribution in [0, 0.1) is 0 Å². The number of anilines is 3. The largest absolute Gasteiger partial charge is 0.493 e. The first-order valence-electron chi connectivity index (χ1n) is 9.30. The molecule has 1 aliphatic heterocycles. The van der Waals surface area contributed by atoms with E-state index in [4.69, 9.17) is 9.47 Å². The molecule has 2 amide bonds. The number of carbonyl (C=O) groups excluding carboxylic acids is 2. The Balaban J connectivity index is 1.58. The molecule has 1 aliphatic rings. The second-order valence-electron chi connectivity index (χ2n) is 6.57. The van der Waals surface area contributed by atoms with Crippen molar-refractivity contribution in [1.82, 2.24) is 0 Å². The lowest BCUT2D eigenvalue weighted by molar-refractivity contribution is -0.132. The summed E-state index contributed by atoms with van der Waals surface area (Å²) < 4.78 is 10.4. The van der Waals surface area contributed by atoms with Crippen LogP contribution in [0.2, 0.25) is 0 Å². The molecule has 0 unspecified atom stereocenters. The van der Waals surface area contributed by atoms with Gasteiger partial charge in [0.25, 0.3) is 0 Å². The first kappa shape index (κ1) is 19.5. The number of hydrogen-bond acceptors (Lipinski definition) is 5. The number of carbonyl (C=O) groups is 2. The van der Waals surface area contributed by atoms with E-state index in [0.717, 1.165) is 18.8 Å². The molecule has 0 spiro atoms. The summed E-state index contributed by atoms with van der Waals surface area (Å²) in [6.07, 6.45) is 3.68. The molecule has 3 rings (SSSR count). The summed E-state index contributed by atoms with van der Waals surface area (Å²) in [6, 6.07) is 12.4. The normalized spacial score (nSPS) is 13.6.